The van der Waals surface area contributed by atoms with Gasteiger partial charge in [0.05, 0.1) is 5.02 Å². The summed E-state index contributed by atoms with van der Waals surface area (Å²) in [4.78, 5) is 13.5. The van der Waals surface area contributed by atoms with Gasteiger partial charge in [0, 0.05) is 15.4 Å². The Morgan fingerprint density at radius 2 is 1.79 bits per heavy atom. The minimum Gasteiger partial charge on any atom is -0.295 e. The number of rotatable bonds is 3. The average molecular weight is 291 g/mol. The van der Waals surface area contributed by atoms with Crippen molar-refractivity contribution in [2.75, 3.05) is 0 Å². The predicted octanol–water partition coefficient (Wildman–Crippen LogP) is 5.31. The molecule has 2 aromatic rings. The van der Waals surface area contributed by atoms with E-state index in [4.69, 9.17) is 11.6 Å². The van der Waals surface area contributed by atoms with E-state index in [0.717, 1.165) is 4.90 Å². The predicted molar refractivity (Wildman–Crippen MR) is 81.5 cm³/mol. The molecule has 0 aliphatic rings. The fourth-order valence-corrected chi connectivity index (χ4v) is 3.04. The Kier molecular flexibility index (Phi) is 4.33. The second-order valence-corrected chi connectivity index (χ2v) is 6.06. The Balaban J connectivity index is 2.33. The standard InChI is InChI=1S/C16H15ClOS/c1-10-4-5-11(2)16(8-10)19-15-7-6-13(12(3)18)9-14(15)17/h4-9H,1-3H3. The molecule has 0 aromatic heterocycles. The number of ketones is 1. The Bertz CT molecular complexity index is 635. The minimum absolute atomic E-state index is 0.0326. The maximum absolute atomic E-state index is 11.3. The van der Waals surface area contributed by atoms with Gasteiger partial charge in [-0.15, -0.1) is 0 Å². The summed E-state index contributed by atoms with van der Waals surface area (Å²) in [6.45, 7) is 5.70. The lowest BCUT2D eigenvalue weighted by atomic mass is 10.1. The molecule has 0 amide bonds. The fourth-order valence-electron chi connectivity index (χ4n) is 1.74. The van der Waals surface area contributed by atoms with E-state index in [2.05, 4.69) is 32.0 Å². The average Bonchev–Trinajstić information content (AvgIpc) is 2.36. The fraction of sp³-hybridized carbons (Fsp3) is 0.188. The van der Waals surface area contributed by atoms with Crippen molar-refractivity contribution in [3.8, 4) is 0 Å². The van der Waals surface area contributed by atoms with Crippen LogP contribution in [0.4, 0.5) is 0 Å². The molecular weight excluding hydrogens is 276 g/mol. The highest BCUT2D eigenvalue weighted by Crippen LogP contribution is 2.35. The van der Waals surface area contributed by atoms with Crippen LogP contribution in [0.15, 0.2) is 46.2 Å². The molecule has 1 nitrogen and oxygen atoms in total. The number of hydrogen-bond acceptors (Lipinski definition) is 2. The lowest BCUT2D eigenvalue weighted by molar-refractivity contribution is 0.101. The number of aryl methyl sites for hydroxylation is 2. The van der Waals surface area contributed by atoms with Crippen LogP contribution in [0.3, 0.4) is 0 Å². The van der Waals surface area contributed by atoms with E-state index in [1.807, 2.05) is 12.1 Å². The van der Waals surface area contributed by atoms with Gasteiger partial charge in [-0.3, -0.25) is 4.79 Å². The summed E-state index contributed by atoms with van der Waals surface area (Å²) < 4.78 is 0. The number of hydrogen-bond donors (Lipinski definition) is 0. The highest BCUT2D eigenvalue weighted by atomic mass is 35.5. The largest absolute Gasteiger partial charge is 0.295 e. The second-order valence-electron chi connectivity index (χ2n) is 4.57. The molecule has 0 saturated carbocycles. The zero-order valence-electron chi connectivity index (χ0n) is 11.2. The zero-order chi connectivity index (χ0) is 14.0. The Morgan fingerprint density at radius 3 is 2.42 bits per heavy atom. The number of carbonyl (C=O) groups is 1. The molecule has 0 fully saturated rings. The number of halogens is 1. The SMILES string of the molecule is CC(=O)c1ccc(Sc2cc(C)ccc2C)c(Cl)c1. The molecule has 3 heteroatoms. The van der Waals surface area contributed by atoms with Gasteiger partial charge in [-0.2, -0.15) is 0 Å². The van der Waals surface area contributed by atoms with Crippen molar-refractivity contribution in [2.45, 2.75) is 30.6 Å². The van der Waals surface area contributed by atoms with Crippen LogP contribution in [0, 0.1) is 13.8 Å². The Labute approximate surface area is 123 Å². The first-order valence-corrected chi connectivity index (χ1v) is 7.22. The van der Waals surface area contributed by atoms with Crippen molar-refractivity contribution in [2.24, 2.45) is 0 Å². The van der Waals surface area contributed by atoms with Crippen molar-refractivity contribution in [1.82, 2.24) is 0 Å². The Hall–Kier alpha value is -1.25. The third-order valence-electron chi connectivity index (χ3n) is 2.90. The molecule has 0 aliphatic carbocycles. The topological polar surface area (TPSA) is 17.1 Å². The third kappa shape index (κ3) is 3.40. The van der Waals surface area contributed by atoms with Crippen LogP contribution in [-0.2, 0) is 0 Å². The zero-order valence-corrected chi connectivity index (χ0v) is 12.7. The summed E-state index contributed by atoms with van der Waals surface area (Å²) in [5, 5.41) is 0.624. The van der Waals surface area contributed by atoms with Gasteiger partial charge in [0.25, 0.3) is 0 Å². The number of benzene rings is 2. The highest BCUT2D eigenvalue weighted by Gasteiger charge is 2.08. The summed E-state index contributed by atoms with van der Waals surface area (Å²) in [5.41, 5.74) is 3.10. The molecule has 2 aromatic carbocycles. The molecule has 0 atom stereocenters. The van der Waals surface area contributed by atoms with Gasteiger partial charge >= 0.3 is 0 Å². The van der Waals surface area contributed by atoms with E-state index in [9.17, 15) is 4.79 Å². The molecule has 0 saturated heterocycles. The summed E-state index contributed by atoms with van der Waals surface area (Å²) in [6, 6.07) is 11.8. The molecule has 0 N–H and O–H groups in total. The summed E-state index contributed by atoms with van der Waals surface area (Å²) in [6.07, 6.45) is 0. The van der Waals surface area contributed by atoms with Crippen molar-refractivity contribution < 1.29 is 4.79 Å². The monoisotopic (exact) mass is 290 g/mol. The molecule has 0 unspecified atom stereocenters. The maximum Gasteiger partial charge on any atom is 0.159 e. The van der Waals surface area contributed by atoms with Gasteiger partial charge in [-0.05, 0) is 50.1 Å². The van der Waals surface area contributed by atoms with Crippen LogP contribution in [-0.4, -0.2) is 5.78 Å². The van der Waals surface area contributed by atoms with Crippen LogP contribution in [0.5, 0.6) is 0 Å². The molecule has 0 spiro atoms. The van der Waals surface area contributed by atoms with E-state index in [0.29, 0.717) is 10.6 Å². The molecule has 0 radical (unpaired) electrons. The van der Waals surface area contributed by atoms with Crippen molar-refractivity contribution in [1.29, 1.82) is 0 Å². The third-order valence-corrected chi connectivity index (χ3v) is 4.56. The highest BCUT2D eigenvalue weighted by molar-refractivity contribution is 7.99. The van der Waals surface area contributed by atoms with Crippen molar-refractivity contribution in [3.05, 3.63) is 58.1 Å². The smallest absolute Gasteiger partial charge is 0.159 e. The van der Waals surface area contributed by atoms with Crippen molar-refractivity contribution in [3.63, 3.8) is 0 Å². The van der Waals surface area contributed by atoms with E-state index < -0.39 is 0 Å². The first-order chi connectivity index (χ1) is 8.97. The van der Waals surface area contributed by atoms with Gasteiger partial charge in [-0.25, -0.2) is 0 Å². The Morgan fingerprint density at radius 1 is 1.05 bits per heavy atom. The normalized spacial score (nSPS) is 10.5. The van der Waals surface area contributed by atoms with E-state index in [1.54, 1.807) is 24.8 Å². The van der Waals surface area contributed by atoms with Gasteiger partial charge < -0.3 is 0 Å². The van der Waals surface area contributed by atoms with Crippen molar-refractivity contribution >= 4 is 29.1 Å². The first kappa shape index (κ1) is 14.2. The maximum atomic E-state index is 11.3. The van der Waals surface area contributed by atoms with E-state index in [1.165, 1.54) is 16.0 Å². The second kappa shape index (κ2) is 5.81. The quantitative estimate of drug-likeness (QED) is 0.713. The number of Topliss-reactive ketones (excluding diaryl/α,β-unsaturated/α-hetero) is 1. The molecule has 0 heterocycles. The minimum atomic E-state index is 0.0326. The van der Waals surface area contributed by atoms with Crippen LogP contribution in [0.25, 0.3) is 0 Å². The van der Waals surface area contributed by atoms with Crippen LogP contribution in [0.1, 0.15) is 28.4 Å². The summed E-state index contributed by atoms with van der Waals surface area (Å²) in [7, 11) is 0. The molecule has 19 heavy (non-hydrogen) atoms. The molecule has 0 aliphatic heterocycles. The molecule has 2 rings (SSSR count). The molecule has 98 valence electrons. The van der Waals surface area contributed by atoms with Crippen LogP contribution in [0.2, 0.25) is 5.02 Å². The van der Waals surface area contributed by atoms with E-state index >= 15 is 0 Å². The lowest BCUT2D eigenvalue weighted by Gasteiger charge is -2.09. The van der Waals surface area contributed by atoms with Gasteiger partial charge in [0.1, 0.15) is 0 Å². The van der Waals surface area contributed by atoms with Gasteiger partial charge in [0.2, 0.25) is 0 Å². The van der Waals surface area contributed by atoms with Crippen LogP contribution < -0.4 is 0 Å². The van der Waals surface area contributed by atoms with Gasteiger partial charge in [-0.1, -0.05) is 41.6 Å². The molecular formula is C16H15ClOS. The summed E-state index contributed by atoms with van der Waals surface area (Å²) >= 11 is 7.87. The lowest BCUT2D eigenvalue weighted by Crippen LogP contribution is -1.91. The van der Waals surface area contributed by atoms with Crippen LogP contribution >= 0.6 is 23.4 Å². The summed E-state index contributed by atoms with van der Waals surface area (Å²) in [5.74, 6) is 0.0326. The molecule has 0 bridgehead atoms. The van der Waals surface area contributed by atoms with Gasteiger partial charge in [0.15, 0.2) is 5.78 Å². The number of carbonyl (C=O) groups excluding carboxylic acids is 1. The van der Waals surface area contributed by atoms with E-state index in [-0.39, 0.29) is 5.78 Å². The first-order valence-electron chi connectivity index (χ1n) is 6.03.